The van der Waals surface area contributed by atoms with E-state index in [1.54, 1.807) is 6.92 Å². The van der Waals surface area contributed by atoms with Crippen molar-refractivity contribution < 1.29 is 14.3 Å². The molecule has 0 fully saturated rings. The molecule has 0 saturated heterocycles. The Morgan fingerprint density at radius 2 is 1.71 bits per heavy atom. The first kappa shape index (κ1) is 17.3. The number of nitrogens with two attached hydrogens (primary N) is 1. The molecule has 0 aliphatic heterocycles. The van der Waals surface area contributed by atoms with Crippen molar-refractivity contribution in [1.29, 1.82) is 0 Å². The van der Waals surface area contributed by atoms with Gasteiger partial charge in [-0.25, -0.2) is 0 Å². The summed E-state index contributed by atoms with van der Waals surface area (Å²) in [6.45, 7) is 7.45. The molecule has 1 atom stereocenters. The van der Waals surface area contributed by atoms with Gasteiger partial charge in [-0.15, -0.1) is 0 Å². The largest absolute Gasteiger partial charge is 0.494 e. The summed E-state index contributed by atoms with van der Waals surface area (Å²) in [6.07, 6.45) is 1.89. The van der Waals surface area contributed by atoms with E-state index in [1.807, 2.05) is 31.2 Å². The Morgan fingerprint density at radius 1 is 1.14 bits per heavy atom. The van der Waals surface area contributed by atoms with E-state index in [-0.39, 0.29) is 6.61 Å². The Morgan fingerprint density at radius 3 is 2.19 bits per heavy atom. The molecule has 118 valence electrons. The van der Waals surface area contributed by atoms with E-state index in [0.717, 1.165) is 18.6 Å². The Balaban J connectivity index is 2.57. The molecule has 1 rings (SSSR count). The van der Waals surface area contributed by atoms with Crippen LogP contribution in [0.4, 0.5) is 0 Å². The number of rotatable bonds is 10. The van der Waals surface area contributed by atoms with Gasteiger partial charge in [-0.05, 0) is 50.6 Å². The first-order valence-electron chi connectivity index (χ1n) is 7.42. The maximum absolute atomic E-state index is 11.6. The predicted octanol–water partition coefficient (Wildman–Crippen LogP) is 2.10. The number of benzene rings is 1. The third kappa shape index (κ3) is 5.63. The fourth-order valence-electron chi connectivity index (χ4n) is 1.69. The smallest absolute Gasteiger partial charge is 0.240 e. The lowest BCUT2D eigenvalue weighted by atomic mass is 10.0. The van der Waals surface area contributed by atoms with Crippen LogP contribution >= 0.6 is 0 Å². The van der Waals surface area contributed by atoms with Crippen molar-refractivity contribution in [3.63, 3.8) is 0 Å². The quantitative estimate of drug-likeness (QED) is 0.693. The molecule has 21 heavy (non-hydrogen) atoms. The summed E-state index contributed by atoms with van der Waals surface area (Å²) in [6, 6.07) is 7.36. The molecule has 0 radical (unpaired) electrons. The molecule has 0 aliphatic rings. The van der Waals surface area contributed by atoms with E-state index in [1.165, 1.54) is 0 Å². The maximum atomic E-state index is 11.6. The van der Waals surface area contributed by atoms with Crippen LogP contribution in [0.15, 0.2) is 24.3 Å². The molecule has 0 saturated carbocycles. The molecule has 1 aromatic rings. The zero-order valence-corrected chi connectivity index (χ0v) is 13.1. The van der Waals surface area contributed by atoms with Crippen LogP contribution in [0.1, 0.15) is 33.6 Å². The second kappa shape index (κ2) is 8.52. The highest BCUT2D eigenvalue weighted by Crippen LogP contribution is 2.19. The van der Waals surface area contributed by atoms with E-state index < -0.39 is 11.4 Å². The maximum Gasteiger partial charge on any atom is 0.240 e. The summed E-state index contributed by atoms with van der Waals surface area (Å²) in [5.74, 6) is 1.08. The Hall–Kier alpha value is -1.75. The van der Waals surface area contributed by atoms with Gasteiger partial charge in [0.1, 0.15) is 23.6 Å². The van der Waals surface area contributed by atoms with E-state index in [4.69, 9.17) is 15.2 Å². The Bertz CT molecular complexity index is 434. The van der Waals surface area contributed by atoms with Gasteiger partial charge in [-0.3, -0.25) is 4.79 Å². The van der Waals surface area contributed by atoms with Crippen LogP contribution in [-0.4, -0.2) is 31.2 Å². The van der Waals surface area contributed by atoms with Crippen molar-refractivity contribution in [1.82, 2.24) is 5.32 Å². The van der Waals surface area contributed by atoms with Gasteiger partial charge in [0.15, 0.2) is 0 Å². The zero-order valence-electron chi connectivity index (χ0n) is 13.1. The second-order valence-corrected chi connectivity index (χ2v) is 5.23. The van der Waals surface area contributed by atoms with Gasteiger partial charge >= 0.3 is 0 Å². The van der Waals surface area contributed by atoms with Gasteiger partial charge in [-0.2, -0.15) is 0 Å². The zero-order chi connectivity index (χ0) is 15.7. The van der Waals surface area contributed by atoms with Gasteiger partial charge in [0.05, 0.1) is 6.61 Å². The Labute approximate surface area is 126 Å². The molecule has 0 heterocycles. The number of carbonyl (C=O) groups excluding carboxylic acids is 1. The van der Waals surface area contributed by atoms with Crippen LogP contribution in [0.25, 0.3) is 0 Å². The standard InChI is InChI=1S/C16H26N2O3/c1-4-10-18-16(3,15(17)19)12-21-14-8-6-13(7-9-14)20-11-5-2/h6-9,18H,4-5,10-12H2,1-3H3,(H2,17,19). The van der Waals surface area contributed by atoms with Gasteiger partial charge in [0.25, 0.3) is 0 Å². The number of nitrogens with one attached hydrogen (secondary N) is 1. The molecule has 0 aliphatic carbocycles. The molecule has 1 amide bonds. The van der Waals surface area contributed by atoms with E-state index >= 15 is 0 Å². The normalized spacial score (nSPS) is 13.5. The Kier molecular flexibility index (Phi) is 7.02. The number of carbonyl (C=O) groups is 1. The van der Waals surface area contributed by atoms with Crippen molar-refractivity contribution in [2.75, 3.05) is 19.8 Å². The lowest BCUT2D eigenvalue weighted by Crippen LogP contribution is -2.57. The van der Waals surface area contributed by atoms with Crippen molar-refractivity contribution >= 4 is 5.91 Å². The lowest BCUT2D eigenvalue weighted by Gasteiger charge is -2.27. The average molecular weight is 294 g/mol. The van der Waals surface area contributed by atoms with E-state index in [2.05, 4.69) is 12.2 Å². The van der Waals surface area contributed by atoms with Crippen molar-refractivity contribution in [3.05, 3.63) is 24.3 Å². The van der Waals surface area contributed by atoms with E-state index in [0.29, 0.717) is 18.9 Å². The molecule has 5 heteroatoms. The molecular formula is C16H26N2O3. The fourth-order valence-corrected chi connectivity index (χ4v) is 1.69. The van der Waals surface area contributed by atoms with Crippen LogP contribution in [0, 0.1) is 0 Å². The summed E-state index contributed by atoms with van der Waals surface area (Å²) in [5, 5.41) is 3.13. The number of hydrogen-bond acceptors (Lipinski definition) is 4. The molecule has 5 nitrogen and oxygen atoms in total. The first-order chi connectivity index (χ1) is 10.0. The molecular weight excluding hydrogens is 268 g/mol. The number of hydrogen-bond donors (Lipinski definition) is 2. The van der Waals surface area contributed by atoms with Gasteiger partial charge < -0.3 is 20.5 Å². The number of amides is 1. The molecule has 1 aromatic carbocycles. The summed E-state index contributed by atoms with van der Waals surface area (Å²) in [7, 11) is 0. The number of primary amides is 1. The highest BCUT2D eigenvalue weighted by Gasteiger charge is 2.31. The van der Waals surface area contributed by atoms with Gasteiger partial charge in [0.2, 0.25) is 5.91 Å². The minimum Gasteiger partial charge on any atom is -0.494 e. The lowest BCUT2D eigenvalue weighted by molar-refractivity contribution is -0.125. The molecule has 0 bridgehead atoms. The second-order valence-electron chi connectivity index (χ2n) is 5.23. The number of ether oxygens (including phenoxy) is 2. The topological polar surface area (TPSA) is 73.6 Å². The van der Waals surface area contributed by atoms with Gasteiger partial charge in [0, 0.05) is 0 Å². The van der Waals surface area contributed by atoms with Crippen LogP contribution in [0.5, 0.6) is 11.5 Å². The summed E-state index contributed by atoms with van der Waals surface area (Å²) >= 11 is 0. The monoisotopic (exact) mass is 294 g/mol. The van der Waals surface area contributed by atoms with Crippen LogP contribution in [0.3, 0.4) is 0 Å². The van der Waals surface area contributed by atoms with Crippen molar-refractivity contribution in [2.45, 2.75) is 39.2 Å². The van der Waals surface area contributed by atoms with E-state index in [9.17, 15) is 4.79 Å². The highest BCUT2D eigenvalue weighted by molar-refractivity contribution is 5.84. The predicted molar refractivity (Wildman–Crippen MR) is 83.6 cm³/mol. The minimum atomic E-state index is -0.868. The molecule has 0 spiro atoms. The highest BCUT2D eigenvalue weighted by atomic mass is 16.5. The molecule has 3 N–H and O–H groups in total. The van der Waals surface area contributed by atoms with Crippen molar-refractivity contribution in [3.8, 4) is 11.5 Å². The first-order valence-corrected chi connectivity index (χ1v) is 7.42. The average Bonchev–Trinajstić information content (AvgIpc) is 2.49. The fraction of sp³-hybridized carbons (Fsp3) is 0.562. The molecule has 1 unspecified atom stereocenters. The minimum absolute atomic E-state index is 0.192. The van der Waals surface area contributed by atoms with Crippen LogP contribution in [0.2, 0.25) is 0 Å². The third-order valence-corrected chi connectivity index (χ3v) is 3.13. The molecule has 0 aromatic heterocycles. The van der Waals surface area contributed by atoms with Crippen molar-refractivity contribution in [2.24, 2.45) is 5.73 Å². The van der Waals surface area contributed by atoms with Crippen LogP contribution < -0.4 is 20.5 Å². The SMILES string of the molecule is CCCNC(C)(COc1ccc(OCCC)cc1)C(N)=O. The summed E-state index contributed by atoms with van der Waals surface area (Å²) in [4.78, 5) is 11.6. The van der Waals surface area contributed by atoms with Crippen LogP contribution in [-0.2, 0) is 4.79 Å². The third-order valence-electron chi connectivity index (χ3n) is 3.13. The summed E-state index contributed by atoms with van der Waals surface area (Å²) in [5.41, 5.74) is 4.59. The van der Waals surface area contributed by atoms with Gasteiger partial charge in [-0.1, -0.05) is 13.8 Å². The summed E-state index contributed by atoms with van der Waals surface area (Å²) < 4.78 is 11.2.